The largest absolute Gasteiger partial charge is 0.482 e. The number of ether oxygens (including phenoxy) is 1. The highest BCUT2D eigenvalue weighted by atomic mass is 16.5. The molecule has 1 aromatic rings. The smallest absolute Gasteiger partial charge is 0.372 e. The van der Waals surface area contributed by atoms with E-state index in [4.69, 9.17) is 14.9 Å². The second-order valence-electron chi connectivity index (χ2n) is 3.54. The predicted molar refractivity (Wildman–Crippen MR) is 61.2 cm³/mol. The lowest BCUT2D eigenvalue weighted by atomic mass is 10.1. The van der Waals surface area contributed by atoms with Crippen molar-refractivity contribution in [1.29, 1.82) is 0 Å². The molecule has 0 fully saturated rings. The van der Waals surface area contributed by atoms with Crippen LogP contribution in [0.4, 0.5) is 0 Å². The molecule has 7 heteroatoms. The van der Waals surface area contributed by atoms with Crippen LogP contribution in [0.1, 0.15) is 16.8 Å². The number of hydrogen-bond acceptors (Lipinski definition) is 5. The number of carboxylic acids is 2. The van der Waals surface area contributed by atoms with E-state index < -0.39 is 36.5 Å². The van der Waals surface area contributed by atoms with E-state index in [0.717, 1.165) is 0 Å². The van der Waals surface area contributed by atoms with Crippen molar-refractivity contribution in [1.82, 2.24) is 0 Å². The molecule has 0 aliphatic heterocycles. The number of ketones is 2. The van der Waals surface area contributed by atoms with Gasteiger partial charge in [0.25, 0.3) is 0 Å². The molecular formula is C12H10O7. The molecule has 0 saturated heterocycles. The molecule has 0 aliphatic carbocycles. The fourth-order valence-corrected chi connectivity index (χ4v) is 1.23. The molecular weight excluding hydrogens is 256 g/mol. The van der Waals surface area contributed by atoms with Gasteiger partial charge in [0.2, 0.25) is 5.78 Å². The highest BCUT2D eigenvalue weighted by Gasteiger charge is 2.18. The van der Waals surface area contributed by atoms with E-state index in [9.17, 15) is 19.2 Å². The first-order valence-electron chi connectivity index (χ1n) is 5.14. The average molecular weight is 266 g/mol. The summed E-state index contributed by atoms with van der Waals surface area (Å²) in [4.78, 5) is 43.1. The first-order valence-corrected chi connectivity index (χ1v) is 5.14. The van der Waals surface area contributed by atoms with Crippen LogP contribution in [0.3, 0.4) is 0 Å². The van der Waals surface area contributed by atoms with E-state index in [1.807, 2.05) is 0 Å². The van der Waals surface area contributed by atoms with Crippen molar-refractivity contribution < 1.29 is 34.1 Å². The zero-order chi connectivity index (χ0) is 14.4. The van der Waals surface area contributed by atoms with Crippen molar-refractivity contribution in [3.63, 3.8) is 0 Å². The second-order valence-corrected chi connectivity index (χ2v) is 3.54. The number of benzene rings is 1. The van der Waals surface area contributed by atoms with Gasteiger partial charge in [-0.15, -0.1) is 0 Å². The van der Waals surface area contributed by atoms with Gasteiger partial charge in [0, 0.05) is 5.56 Å². The molecule has 100 valence electrons. The number of rotatable bonds is 7. The SMILES string of the molecule is O=C(O)COc1cccc(C(=O)CC(=O)C(=O)O)c1. The van der Waals surface area contributed by atoms with Gasteiger partial charge in [0.15, 0.2) is 12.4 Å². The van der Waals surface area contributed by atoms with Crippen LogP contribution in [0.2, 0.25) is 0 Å². The molecule has 1 aromatic carbocycles. The van der Waals surface area contributed by atoms with Gasteiger partial charge in [0.1, 0.15) is 5.75 Å². The summed E-state index contributed by atoms with van der Waals surface area (Å²) in [7, 11) is 0. The average Bonchev–Trinajstić information content (AvgIpc) is 2.36. The van der Waals surface area contributed by atoms with Crippen LogP contribution < -0.4 is 4.74 Å². The molecule has 0 atom stereocenters. The van der Waals surface area contributed by atoms with E-state index >= 15 is 0 Å². The normalized spacial score (nSPS) is 9.68. The van der Waals surface area contributed by atoms with E-state index in [1.54, 1.807) is 0 Å². The Hall–Kier alpha value is -2.70. The topological polar surface area (TPSA) is 118 Å². The summed E-state index contributed by atoms with van der Waals surface area (Å²) in [5, 5.41) is 16.8. The van der Waals surface area contributed by atoms with Gasteiger partial charge in [-0.1, -0.05) is 12.1 Å². The van der Waals surface area contributed by atoms with Crippen molar-refractivity contribution in [2.45, 2.75) is 6.42 Å². The first kappa shape index (κ1) is 14.4. The second kappa shape index (κ2) is 6.29. The summed E-state index contributed by atoms with van der Waals surface area (Å²) in [6.07, 6.45) is -0.752. The third kappa shape index (κ3) is 4.58. The lowest BCUT2D eigenvalue weighted by Crippen LogP contribution is -2.17. The third-order valence-electron chi connectivity index (χ3n) is 2.08. The summed E-state index contributed by atoms with van der Waals surface area (Å²) in [6.45, 7) is -0.564. The molecule has 0 saturated carbocycles. The van der Waals surface area contributed by atoms with Crippen LogP contribution in [0, 0.1) is 0 Å². The summed E-state index contributed by atoms with van der Waals surface area (Å²) in [5.41, 5.74) is 0.0810. The molecule has 0 amide bonds. The van der Waals surface area contributed by atoms with Gasteiger partial charge in [-0.05, 0) is 12.1 Å². The molecule has 1 rings (SSSR count). The molecule has 19 heavy (non-hydrogen) atoms. The maximum atomic E-state index is 11.6. The van der Waals surface area contributed by atoms with Crippen LogP contribution >= 0.6 is 0 Å². The van der Waals surface area contributed by atoms with Gasteiger partial charge in [-0.3, -0.25) is 9.59 Å². The lowest BCUT2D eigenvalue weighted by molar-refractivity contribution is -0.148. The van der Waals surface area contributed by atoms with E-state index in [1.165, 1.54) is 24.3 Å². The lowest BCUT2D eigenvalue weighted by Gasteiger charge is -2.04. The Labute approximate surface area is 107 Å². The van der Waals surface area contributed by atoms with Gasteiger partial charge in [-0.25, -0.2) is 9.59 Å². The minimum atomic E-state index is -1.67. The van der Waals surface area contributed by atoms with Crippen LogP contribution in [-0.4, -0.2) is 40.3 Å². The van der Waals surface area contributed by atoms with Crippen molar-refractivity contribution >= 4 is 23.5 Å². The van der Waals surface area contributed by atoms with Gasteiger partial charge in [-0.2, -0.15) is 0 Å². The summed E-state index contributed by atoms with van der Waals surface area (Å²) >= 11 is 0. The molecule has 2 N–H and O–H groups in total. The maximum Gasteiger partial charge on any atom is 0.372 e. The fraction of sp³-hybridized carbons (Fsp3) is 0.167. The number of aliphatic carboxylic acids is 2. The summed E-state index contributed by atoms with van der Waals surface area (Å²) in [6, 6.07) is 5.51. The summed E-state index contributed by atoms with van der Waals surface area (Å²) < 4.78 is 4.86. The van der Waals surface area contributed by atoms with E-state index in [-0.39, 0.29) is 11.3 Å². The molecule has 7 nitrogen and oxygen atoms in total. The molecule has 0 spiro atoms. The molecule has 0 bridgehead atoms. The highest BCUT2D eigenvalue weighted by Crippen LogP contribution is 2.14. The number of carbonyl (C=O) groups excluding carboxylic acids is 2. The standard InChI is InChI=1S/C12H10O7/c13-9(5-10(14)12(17)18)7-2-1-3-8(4-7)19-6-11(15)16/h1-4H,5-6H2,(H,15,16)(H,17,18). The van der Waals surface area contributed by atoms with E-state index in [0.29, 0.717) is 0 Å². The van der Waals surface area contributed by atoms with Crippen LogP contribution in [0.15, 0.2) is 24.3 Å². The van der Waals surface area contributed by atoms with Gasteiger partial charge >= 0.3 is 11.9 Å². The van der Waals surface area contributed by atoms with Gasteiger partial charge in [0.05, 0.1) is 6.42 Å². The van der Waals surface area contributed by atoms with Crippen molar-refractivity contribution in [2.24, 2.45) is 0 Å². The van der Waals surface area contributed by atoms with Crippen molar-refractivity contribution in [2.75, 3.05) is 6.61 Å². The number of carbonyl (C=O) groups is 4. The molecule has 0 aromatic heterocycles. The molecule has 0 heterocycles. The monoisotopic (exact) mass is 266 g/mol. The fourth-order valence-electron chi connectivity index (χ4n) is 1.23. The quantitative estimate of drug-likeness (QED) is 0.416. The minimum Gasteiger partial charge on any atom is -0.482 e. The van der Waals surface area contributed by atoms with Crippen molar-refractivity contribution in [3.05, 3.63) is 29.8 Å². The summed E-state index contributed by atoms with van der Waals surface area (Å²) in [5.74, 6) is -4.57. The Morgan fingerprint density at radius 2 is 1.79 bits per heavy atom. The third-order valence-corrected chi connectivity index (χ3v) is 2.08. The Kier molecular flexibility index (Phi) is 4.76. The molecule has 0 aliphatic rings. The van der Waals surface area contributed by atoms with Crippen molar-refractivity contribution in [3.8, 4) is 5.75 Å². The number of hydrogen-bond donors (Lipinski definition) is 2. The number of Topliss-reactive ketones (excluding diaryl/α,β-unsaturated/α-hetero) is 2. The predicted octanol–water partition coefficient (Wildman–Crippen LogP) is 0.376. The Morgan fingerprint density at radius 3 is 2.37 bits per heavy atom. The first-order chi connectivity index (χ1) is 8.90. The minimum absolute atomic E-state index is 0.0810. The Balaban J connectivity index is 2.75. The van der Waals surface area contributed by atoms with Crippen LogP contribution in [0.5, 0.6) is 5.75 Å². The Morgan fingerprint density at radius 1 is 1.11 bits per heavy atom. The van der Waals surface area contributed by atoms with Crippen LogP contribution in [-0.2, 0) is 14.4 Å². The Bertz CT molecular complexity index is 533. The molecule has 0 unspecified atom stereocenters. The van der Waals surface area contributed by atoms with Gasteiger partial charge < -0.3 is 14.9 Å². The highest BCUT2D eigenvalue weighted by molar-refractivity contribution is 6.37. The zero-order valence-electron chi connectivity index (χ0n) is 9.66. The number of carboxylic acid groups (broad SMARTS) is 2. The molecule has 0 radical (unpaired) electrons. The van der Waals surface area contributed by atoms with Crippen LogP contribution in [0.25, 0.3) is 0 Å². The maximum absolute atomic E-state index is 11.6. The van der Waals surface area contributed by atoms with E-state index in [2.05, 4.69) is 0 Å². The zero-order valence-corrected chi connectivity index (χ0v) is 9.66.